The van der Waals surface area contributed by atoms with E-state index in [0.717, 1.165) is 25.1 Å². The van der Waals surface area contributed by atoms with Gasteiger partial charge in [0.25, 0.3) is 0 Å². The summed E-state index contributed by atoms with van der Waals surface area (Å²) in [6.07, 6.45) is 4.88. The topological polar surface area (TPSA) is 66.9 Å². The van der Waals surface area contributed by atoms with Crippen LogP contribution in [0, 0.1) is 5.92 Å². The summed E-state index contributed by atoms with van der Waals surface area (Å²) >= 11 is 0. The molecule has 1 fully saturated rings. The molecule has 0 radical (unpaired) electrons. The van der Waals surface area contributed by atoms with Crippen molar-refractivity contribution in [3.8, 4) is 0 Å². The zero-order chi connectivity index (χ0) is 12.8. The normalized spacial score (nSPS) is 23.6. The smallest absolute Gasteiger partial charge is 0.237 e. The zero-order valence-electron chi connectivity index (χ0n) is 10.7. The highest BCUT2D eigenvalue weighted by Crippen LogP contribution is 2.19. The van der Waals surface area contributed by atoms with Crippen molar-refractivity contribution >= 4 is 5.91 Å². The summed E-state index contributed by atoms with van der Waals surface area (Å²) in [6.45, 7) is 3.56. The molecule has 0 spiro atoms. The van der Waals surface area contributed by atoms with Gasteiger partial charge < -0.3 is 10.6 Å². The van der Waals surface area contributed by atoms with Crippen LogP contribution in [0.1, 0.15) is 31.9 Å². The highest BCUT2D eigenvalue weighted by atomic mass is 16.2. The fraction of sp³-hybridized carbons (Fsp3) is 0.615. The van der Waals surface area contributed by atoms with Gasteiger partial charge in [0.05, 0.1) is 18.3 Å². The van der Waals surface area contributed by atoms with Gasteiger partial charge in [-0.15, -0.1) is 0 Å². The maximum atomic E-state index is 12.0. The van der Waals surface area contributed by atoms with Crippen molar-refractivity contribution < 1.29 is 4.79 Å². The molecule has 2 unspecified atom stereocenters. The summed E-state index contributed by atoms with van der Waals surface area (Å²) in [5.74, 6) is 0.734. The predicted octanol–water partition coefficient (Wildman–Crippen LogP) is 0.871. The molecular formula is C13H20N4O. The first kappa shape index (κ1) is 13.0. The molecule has 1 aromatic heterocycles. The number of carbonyl (C=O) groups excluding carboxylic acids is 1. The van der Waals surface area contributed by atoms with Gasteiger partial charge in [0.2, 0.25) is 5.91 Å². The van der Waals surface area contributed by atoms with E-state index in [2.05, 4.69) is 27.8 Å². The fourth-order valence-electron chi connectivity index (χ4n) is 2.30. The average Bonchev–Trinajstić information content (AvgIpc) is 2.46. The molecule has 2 rings (SSSR count). The molecule has 0 saturated carbocycles. The molecule has 2 N–H and O–H groups in total. The fourth-order valence-corrected chi connectivity index (χ4v) is 2.30. The molecule has 1 aromatic rings. The minimum Gasteiger partial charge on any atom is -0.349 e. The van der Waals surface area contributed by atoms with Crippen LogP contribution in [-0.4, -0.2) is 28.7 Å². The quantitative estimate of drug-likeness (QED) is 0.829. The van der Waals surface area contributed by atoms with Crippen LogP contribution in [0.2, 0.25) is 0 Å². The van der Waals surface area contributed by atoms with Crippen LogP contribution in [0.4, 0.5) is 0 Å². The molecule has 98 valence electrons. The molecule has 18 heavy (non-hydrogen) atoms. The number of carbonyl (C=O) groups is 1. The van der Waals surface area contributed by atoms with Gasteiger partial charge in [0, 0.05) is 6.20 Å². The highest BCUT2D eigenvalue weighted by Gasteiger charge is 2.25. The minimum atomic E-state index is -0.0552. The molecule has 0 bridgehead atoms. The van der Waals surface area contributed by atoms with Crippen molar-refractivity contribution in [3.63, 3.8) is 0 Å². The van der Waals surface area contributed by atoms with Gasteiger partial charge in [-0.2, -0.15) is 10.2 Å². The molecule has 1 aliphatic heterocycles. The lowest BCUT2D eigenvalue weighted by Crippen LogP contribution is -2.48. The Bertz CT molecular complexity index is 382. The van der Waals surface area contributed by atoms with Gasteiger partial charge in [0.15, 0.2) is 0 Å². The second-order valence-corrected chi connectivity index (χ2v) is 4.74. The van der Waals surface area contributed by atoms with E-state index in [-0.39, 0.29) is 11.9 Å². The lowest BCUT2D eigenvalue weighted by molar-refractivity contribution is -0.124. The Kier molecular flexibility index (Phi) is 4.64. The van der Waals surface area contributed by atoms with Crippen LogP contribution < -0.4 is 10.6 Å². The van der Waals surface area contributed by atoms with E-state index in [0.29, 0.717) is 12.5 Å². The standard InChI is InChI=1S/C13H20N4O/c1-2-10-5-7-14-12(8-10)13(18)15-9-11-4-3-6-16-17-11/h3-4,6,10,12,14H,2,5,7-9H2,1H3,(H,15,18). The summed E-state index contributed by atoms with van der Waals surface area (Å²) in [7, 11) is 0. The number of hydrogen-bond donors (Lipinski definition) is 2. The van der Waals surface area contributed by atoms with Crippen molar-refractivity contribution in [1.82, 2.24) is 20.8 Å². The van der Waals surface area contributed by atoms with Gasteiger partial charge in [-0.05, 0) is 37.4 Å². The van der Waals surface area contributed by atoms with E-state index >= 15 is 0 Å². The molecule has 1 amide bonds. The highest BCUT2D eigenvalue weighted by molar-refractivity contribution is 5.81. The molecule has 5 nitrogen and oxygen atoms in total. The van der Waals surface area contributed by atoms with Gasteiger partial charge in [-0.1, -0.05) is 13.3 Å². The van der Waals surface area contributed by atoms with Crippen molar-refractivity contribution in [1.29, 1.82) is 0 Å². The van der Waals surface area contributed by atoms with Crippen LogP contribution in [-0.2, 0) is 11.3 Å². The Labute approximate surface area is 107 Å². The summed E-state index contributed by atoms with van der Waals surface area (Å²) in [5, 5.41) is 13.9. The molecule has 5 heteroatoms. The van der Waals surface area contributed by atoms with E-state index in [1.165, 1.54) is 6.42 Å². The summed E-state index contributed by atoms with van der Waals surface area (Å²) < 4.78 is 0. The van der Waals surface area contributed by atoms with Gasteiger partial charge >= 0.3 is 0 Å². The lowest BCUT2D eigenvalue weighted by atomic mass is 9.90. The van der Waals surface area contributed by atoms with Crippen LogP contribution in [0.15, 0.2) is 18.3 Å². The van der Waals surface area contributed by atoms with Gasteiger partial charge in [0.1, 0.15) is 0 Å². The monoisotopic (exact) mass is 248 g/mol. The van der Waals surface area contributed by atoms with Crippen LogP contribution in [0.25, 0.3) is 0 Å². The molecule has 1 saturated heterocycles. The summed E-state index contributed by atoms with van der Waals surface area (Å²) in [5.41, 5.74) is 0.786. The van der Waals surface area contributed by atoms with Crippen LogP contribution in [0.5, 0.6) is 0 Å². The van der Waals surface area contributed by atoms with E-state index < -0.39 is 0 Å². The molecule has 0 aliphatic carbocycles. The van der Waals surface area contributed by atoms with E-state index in [4.69, 9.17) is 0 Å². The number of rotatable bonds is 4. The van der Waals surface area contributed by atoms with E-state index in [1.54, 1.807) is 6.20 Å². The van der Waals surface area contributed by atoms with Gasteiger partial charge in [-0.3, -0.25) is 4.79 Å². The Morgan fingerprint density at radius 3 is 3.22 bits per heavy atom. The third-order valence-corrected chi connectivity index (χ3v) is 3.48. The number of nitrogens with one attached hydrogen (secondary N) is 2. The molecule has 0 aromatic carbocycles. The number of hydrogen-bond acceptors (Lipinski definition) is 4. The first-order chi connectivity index (χ1) is 8.79. The van der Waals surface area contributed by atoms with Crippen molar-refractivity contribution in [2.24, 2.45) is 5.92 Å². The number of amides is 1. The largest absolute Gasteiger partial charge is 0.349 e. The maximum Gasteiger partial charge on any atom is 0.237 e. The Morgan fingerprint density at radius 2 is 2.50 bits per heavy atom. The third-order valence-electron chi connectivity index (χ3n) is 3.48. The zero-order valence-corrected chi connectivity index (χ0v) is 10.7. The van der Waals surface area contributed by atoms with Crippen LogP contribution >= 0.6 is 0 Å². The minimum absolute atomic E-state index is 0.0552. The second-order valence-electron chi connectivity index (χ2n) is 4.74. The molecule has 2 heterocycles. The first-order valence-electron chi connectivity index (χ1n) is 6.57. The number of aromatic nitrogens is 2. The Balaban J connectivity index is 1.81. The van der Waals surface area contributed by atoms with E-state index in [1.807, 2.05) is 12.1 Å². The molecular weight excluding hydrogens is 228 g/mol. The number of piperidine rings is 1. The molecule has 2 atom stereocenters. The van der Waals surface area contributed by atoms with Crippen LogP contribution in [0.3, 0.4) is 0 Å². The average molecular weight is 248 g/mol. The van der Waals surface area contributed by atoms with Crippen molar-refractivity contribution in [3.05, 3.63) is 24.0 Å². The van der Waals surface area contributed by atoms with E-state index in [9.17, 15) is 4.79 Å². The lowest BCUT2D eigenvalue weighted by Gasteiger charge is -2.28. The van der Waals surface area contributed by atoms with Crippen molar-refractivity contribution in [2.45, 2.75) is 38.8 Å². The van der Waals surface area contributed by atoms with Gasteiger partial charge in [-0.25, -0.2) is 0 Å². The second kappa shape index (κ2) is 6.44. The number of nitrogens with zero attached hydrogens (tertiary/aromatic N) is 2. The SMILES string of the molecule is CCC1CCNC(C(=O)NCc2cccnn2)C1. The third kappa shape index (κ3) is 3.50. The maximum absolute atomic E-state index is 12.0. The molecule has 1 aliphatic rings. The van der Waals surface area contributed by atoms with Crippen molar-refractivity contribution in [2.75, 3.05) is 6.54 Å². The predicted molar refractivity (Wildman–Crippen MR) is 68.7 cm³/mol. The Hall–Kier alpha value is -1.49. The summed E-state index contributed by atoms with van der Waals surface area (Å²) in [6, 6.07) is 3.62. The first-order valence-corrected chi connectivity index (χ1v) is 6.57. The Morgan fingerprint density at radius 1 is 1.61 bits per heavy atom. The summed E-state index contributed by atoms with van der Waals surface area (Å²) in [4.78, 5) is 12.0.